The average molecular weight is 312 g/mol. The molecule has 23 heavy (non-hydrogen) atoms. The van der Waals surface area contributed by atoms with Gasteiger partial charge in [0.15, 0.2) is 0 Å². The molecule has 120 valence electrons. The second-order valence-electron chi connectivity index (χ2n) is 5.80. The number of carbonyl (C=O) groups is 1. The average Bonchev–Trinajstić information content (AvgIpc) is 3.06. The smallest absolute Gasteiger partial charge is 0.254 e. The fourth-order valence-corrected chi connectivity index (χ4v) is 2.77. The van der Waals surface area contributed by atoms with Gasteiger partial charge in [-0.25, -0.2) is 0 Å². The van der Waals surface area contributed by atoms with E-state index in [1.807, 2.05) is 42.1 Å². The molecule has 0 fully saturated rings. The van der Waals surface area contributed by atoms with Gasteiger partial charge in [0.25, 0.3) is 5.91 Å². The Morgan fingerprint density at radius 1 is 1.30 bits per heavy atom. The maximum Gasteiger partial charge on any atom is 0.254 e. The van der Waals surface area contributed by atoms with Crippen molar-refractivity contribution in [3.8, 4) is 0 Å². The number of aryl methyl sites for hydroxylation is 3. The molecule has 3 rings (SSSR count). The van der Waals surface area contributed by atoms with Crippen LogP contribution >= 0.6 is 0 Å². The van der Waals surface area contributed by atoms with Gasteiger partial charge >= 0.3 is 0 Å². The monoisotopic (exact) mass is 312 g/mol. The van der Waals surface area contributed by atoms with Gasteiger partial charge in [-0.15, -0.1) is 0 Å². The van der Waals surface area contributed by atoms with Gasteiger partial charge in [0.2, 0.25) is 0 Å². The fourth-order valence-electron chi connectivity index (χ4n) is 2.77. The predicted octanol–water partition coefficient (Wildman–Crippen LogP) is 2.85. The number of nitrogens with one attached hydrogen (secondary N) is 1. The maximum absolute atomic E-state index is 12.1. The highest BCUT2D eigenvalue weighted by molar-refractivity contribution is 5.95. The molecular weight excluding hydrogens is 292 g/mol. The van der Waals surface area contributed by atoms with Crippen LogP contribution in [-0.4, -0.2) is 22.1 Å². The van der Waals surface area contributed by atoms with Crippen molar-refractivity contribution < 1.29 is 14.3 Å². The molecule has 2 heterocycles. The quantitative estimate of drug-likeness (QED) is 0.778. The zero-order valence-electron chi connectivity index (χ0n) is 13.5. The molecule has 5 heteroatoms. The summed E-state index contributed by atoms with van der Waals surface area (Å²) in [5.41, 5.74) is 2.40. The lowest BCUT2D eigenvalue weighted by Crippen LogP contribution is -2.28. The summed E-state index contributed by atoms with van der Waals surface area (Å²) in [5.74, 6) is 1.04. The molecule has 0 aliphatic carbocycles. The van der Waals surface area contributed by atoms with Gasteiger partial charge in [-0.1, -0.05) is 6.07 Å². The van der Waals surface area contributed by atoms with E-state index in [4.69, 9.17) is 4.42 Å². The van der Waals surface area contributed by atoms with Crippen LogP contribution in [0.15, 0.2) is 40.9 Å². The molecule has 2 N–H and O–H groups in total. The van der Waals surface area contributed by atoms with E-state index < -0.39 is 6.10 Å². The molecule has 2 aromatic heterocycles. The molecular formula is C18H20N2O3. The number of benzene rings is 1. The third-order valence-corrected chi connectivity index (χ3v) is 4.04. The summed E-state index contributed by atoms with van der Waals surface area (Å²) in [6.45, 7) is 3.70. The van der Waals surface area contributed by atoms with Crippen LogP contribution in [0.25, 0.3) is 10.9 Å². The summed E-state index contributed by atoms with van der Waals surface area (Å²) in [6.07, 6.45) is 1.23. The van der Waals surface area contributed by atoms with Crippen LogP contribution in [0, 0.1) is 13.8 Å². The number of hydrogen-bond acceptors (Lipinski definition) is 3. The summed E-state index contributed by atoms with van der Waals surface area (Å²) in [5, 5.41) is 14.1. The molecule has 1 amide bonds. The molecule has 0 saturated carbocycles. The van der Waals surface area contributed by atoms with E-state index in [0.29, 0.717) is 17.1 Å². The Kier molecular flexibility index (Phi) is 3.96. The highest BCUT2D eigenvalue weighted by Crippen LogP contribution is 2.21. The highest BCUT2D eigenvalue weighted by Gasteiger charge is 2.15. The van der Waals surface area contributed by atoms with Gasteiger partial charge in [0.1, 0.15) is 11.5 Å². The van der Waals surface area contributed by atoms with Crippen LogP contribution in [0.3, 0.4) is 0 Å². The van der Waals surface area contributed by atoms with E-state index in [9.17, 15) is 9.90 Å². The molecule has 1 aromatic carbocycles. The number of carbonyl (C=O) groups excluding carboxylic acids is 1. The second-order valence-corrected chi connectivity index (χ2v) is 5.80. The van der Waals surface area contributed by atoms with Crippen LogP contribution in [0.1, 0.15) is 33.5 Å². The molecule has 3 aromatic rings. The van der Waals surface area contributed by atoms with Crippen molar-refractivity contribution in [3.05, 3.63) is 59.2 Å². The second kappa shape index (κ2) is 5.93. The van der Waals surface area contributed by atoms with Gasteiger partial charge in [0, 0.05) is 25.3 Å². The fraction of sp³-hybridized carbons (Fsp3) is 0.278. The van der Waals surface area contributed by atoms with E-state index in [2.05, 4.69) is 5.32 Å². The molecule has 0 aliphatic heterocycles. The normalized spacial score (nSPS) is 12.5. The number of aliphatic hydroxyl groups excluding tert-OH is 1. The minimum absolute atomic E-state index is 0.154. The van der Waals surface area contributed by atoms with Gasteiger partial charge in [-0.05, 0) is 49.1 Å². The number of amides is 1. The zero-order valence-corrected chi connectivity index (χ0v) is 13.5. The first-order valence-corrected chi connectivity index (χ1v) is 7.54. The van der Waals surface area contributed by atoms with Crippen molar-refractivity contribution in [2.45, 2.75) is 20.0 Å². The van der Waals surface area contributed by atoms with Gasteiger partial charge in [-0.3, -0.25) is 4.79 Å². The third kappa shape index (κ3) is 3.00. The van der Waals surface area contributed by atoms with Gasteiger partial charge in [0.05, 0.1) is 11.7 Å². The van der Waals surface area contributed by atoms with Crippen LogP contribution < -0.4 is 5.32 Å². The lowest BCUT2D eigenvalue weighted by atomic mass is 10.1. The number of rotatable bonds is 4. The Hall–Kier alpha value is -2.53. The Labute approximate surface area is 134 Å². The largest absolute Gasteiger partial charge is 0.466 e. The number of nitrogens with zero attached hydrogens (tertiary/aromatic N) is 1. The van der Waals surface area contributed by atoms with Crippen LogP contribution in [-0.2, 0) is 7.05 Å². The molecule has 5 nitrogen and oxygen atoms in total. The number of aliphatic hydroxyl groups is 1. The highest BCUT2D eigenvalue weighted by atomic mass is 16.3. The van der Waals surface area contributed by atoms with E-state index in [1.54, 1.807) is 19.9 Å². The van der Waals surface area contributed by atoms with Crippen LogP contribution in [0.2, 0.25) is 0 Å². The summed E-state index contributed by atoms with van der Waals surface area (Å²) < 4.78 is 7.38. The first-order chi connectivity index (χ1) is 11.0. The Morgan fingerprint density at radius 3 is 2.78 bits per heavy atom. The summed E-state index contributed by atoms with van der Waals surface area (Å²) >= 11 is 0. The zero-order chi connectivity index (χ0) is 16.6. The molecule has 1 atom stereocenters. The van der Waals surface area contributed by atoms with Crippen molar-refractivity contribution in [1.82, 2.24) is 9.88 Å². The molecule has 0 radical (unpaired) electrons. The molecule has 0 unspecified atom stereocenters. The SMILES string of the molecule is Cc1cc(C(=O)NC[C@@H](O)c2ccc3c(ccn3C)c2)c(C)o1. The molecule has 0 bridgehead atoms. The number of hydrogen-bond donors (Lipinski definition) is 2. The third-order valence-electron chi connectivity index (χ3n) is 4.04. The summed E-state index contributed by atoms with van der Waals surface area (Å²) in [7, 11) is 1.98. The van der Waals surface area contributed by atoms with Crippen molar-refractivity contribution in [2.24, 2.45) is 7.05 Å². The van der Waals surface area contributed by atoms with E-state index in [-0.39, 0.29) is 12.5 Å². The van der Waals surface area contributed by atoms with Crippen LogP contribution in [0.5, 0.6) is 0 Å². The van der Waals surface area contributed by atoms with Crippen molar-refractivity contribution >= 4 is 16.8 Å². The standard InChI is InChI=1S/C18H20N2O3/c1-11-8-15(12(2)23-11)18(22)19-10-17(21)14-4-5-16-13(9-14)6-7-20(16)3/h4-9,17,21H,10H2,1-3H3,(H,19,22)/t17-/m1/s1. The van der Waals surface area contributed by atoms with Gasteiger partial charge < -0.3 is 19.4 Å². The Bertz CT molecular complexity index is 860. The first-order valence-electron chi connectivity index (χ1n) is 7.54. The molecule has 0 aliphatic rings. The van der Waals surface area contributed by atoms with E-state index >= 15 is 0 Å². The topological polar surface area (TPSA) is 67.4 Å². The molecule has 0 spiro atoms. The van der Waals surface area contributed by atoms with Crippen LogP contribution in [0.4, 0.5) is 0 Å². The number of aromatic nitrogens is 1. The maximum atomic E-state index is 12.1. The van der Waals surface area contributed by atoms with Crippen molar-refractivity contribution in [2.75, 3.05) is 6.54 Å². The molecule has 0 saturated heterocycles. The minimum atomic E-state index is -0.753. The lowest BCUT2D eigenvalue weighted by Gasteiger charge is -2.12. The Balaban J connectivity index is 1.69. The summed E-state index contributed by atoms with van der Waals surface area (Å²) in [4.78, 5) is 12.1. The minimum Gasteiger partial charge on any atom is -0.466 e. The lowest BCUT2D eigenvalue weighted by molar-refractivity contribution is 0.0915. The first kappa shape index (κ1) is 15.4. The predicted molar refractivity (Wildman–Crippen MR) is 88.4 cm³/mol. The van der Waals surface area contributed by atoms with Gasteiger partial charge in [-0.2, -0.15) is 0 Å². The number of fused-ring (bicyclic) bond motifs is 1. The van der Waals surface area contributed by atoms with Crippen molar-refractivity contribution in [1.29, 1.82) is 0 Å². The van der Waals surface area contributed by atoms with E-state index in [0.717, 1.165) is 16.5 Å². The van der Waals surface area contributed by atoms with E-state index in [1.165, 1.54) is 0 Å². The van der Waals surface area contributed by atoms with Crippen molar-refractivity contribution in [3.63, 3.8) is 0 Å². The number of furan rings is 1. The summed E-state index contributed by atoms with van der Waals surface area (Å²) in [6, 6.07) is 9.50. The Morgan fingerprint density at radius 2 is 2.09 bits per heavy atom.